The van der Waals surface area contributed by atoms with Gasteiger partial charge in [-0.1, -0.05) is 33.6 Å². The van der Waals surface area contributed by atoms with Gasteiger partial charge in [0.1, 0.15) is 6.29 Å². The summed E-state index contributed by atoms with van der Waals surface area (Å²) in [5.41, 5.74) is 0.0117. The molecule has 2 nitrogen and oxygen atoms in total. The van der Waals surface area contributed by atoms with E-state index in [1.165, 1.54) is 12.8 Å². The topological polar surface area (TPSA) is 26.3 Å². The molecule has 1 atom stereocenters. The predicted octanol–water partition coefficient (Wildman–Crippen LogP) is 3.98. The maximum atomic E-state index is 10.2. The van der Waals surface area contributed by atoms with Crippen molar-refractivity contribution in [3.8, 4) is 0 Å². The lowest BCUT2D eigenvalue weighted by Crippen LogP contribution is -2.28. The number of rotatable bonds is 10. The number of carbonyl (C=O) groups excluding carboxylic acids is 1. The second-order valence-corrected chi connectivity index (χ2v) is 5.25. The molecule has 0 radical (unpaired) electrons. The molecule has 0 saturated carbocycles. The summed E-state index contributed by atoms with van der Waals surface area (Å²) < 4.78 is 5.90. The van der Waals surface area contributed by atoms with Crippen LogP contribution in [0.15, 0.2) is 0 Å². The maximum Gasteiger partial charge on any atom is 0.120 e. The summed E-state index contributed by atoms with van der Waals surface area (Å²) >= 11 is 0. The van der Waals surface area contributed by atoms with Gasteiger partial charge >= 0.3 is 0 Å². The minimum absolute atomic E-state index is 0.0117. The minimum atomic E-state index is 0.0117. The first-order valence-corrected chi connectivity index (χ1v) is 6.61. The van der Waals surface area contributed by atoms with Crippen molar-refractivity contribution in [1.82, 2.24) is 0 Å². The SMILES string of the molecule is CCC(C)(CCCC(C)C)OCCCC=O. The van der Waals surface area contributed by atoms with E-state index in [-0.39, 0.29) is 5.60 Å². The molecule has 16 heavy (non-hydrogen) atoms. The van der Waals surface area contributed by atoms with Gasteiger partial charge in [-0.05, 0) is 32.1 Å². The Balaban J connectivity index is 3.76. The molecule has 0 spiro atoms. The highest BCUT2D eigenvalue weighted by atomic mass is 16.5. The average Bonchev–Trinajstić information content (AvgIpc) is 2.24. The maximum absolute atomic E-state index is 10.2. The summed E-state index contributed by atoms with van der Waals surface area (Å²) in [4.78, 5) is 10.2. The van der Waals surface area contributed by atoms with E-state index in [4.69, 9.17) is 4.74 Å². The molecule has 0 aliphatic heterocycles. The Kier molecular flexibility index (Phi) is 8.54. The van der Waals surface area contributed by atoms with Crippen LogP contribution in [0, 0.1) is 5.92 Å². The standard InChI is InChI=1S/C14H28O2/c1-5-14(4,10-8-9-13(2)3)16-12-7-6-11-15/h11,13H,5-10,12H2,1-4H3. The van der Waals surface area contributed by atoms with Gasteiger partial charge in [-0.25, -0.2) is 0 Å². The van der Waals surface area contributed by atoms with Gasteiger partial charge in [-0.3, -0.25) is 0 Å². The van der Waals surface area contributed by atoms with Crippen molar-refractivity contribution in [2.75, 3.05) is 6.61 Å². The Hall–Kier alpha value is -0.370. The lowest BCUT2D eigenvalue weighted by molar-refractivity contribution is -0.108. The van der Waals surface area contributed by atoms with E-state index in [1.807, 2.05) is 0 Å². The van der Waals surface area contributed by atoms with E-state index in [0.29, 0.717) is 13.0 Å². The second kappa shape index (κ2) is 8.74. The number of hydrogen-bond donors (Lipinski definition) is 0. The fourth-order valence-electron chi connectivity index (χ4n) is 1.72. The van der Waals surface area contributed by atoms with Crippen LogP contribution in [0.4, 0.5) is 0 Å². The molecule has 0 aliphatic rings. The molecule has 2 heteroatoms. The number of unbranched alkanes of at least 4 members (excludes halogenated alkanes) is 1. The van der Waals surface area contributed by atoms with Gasteiger partial charge in [0.05, 0.1) is 5.60 Å². The molecule has 0 bridgehead atoms. The van der Waals surface area contributed by atoms with Crippen LogP contribution in [0.1, 0.15) is 66.2 Å². The molecule has 0 rings (SSSR count). The van der Waals surface area contributed by atoms with E-state index in [2.05, 4.69) is 27.7 Å². The number of hydrogen-bond acceptors (Lipinski definition) is 2. The predicted molar refractivity (Wildman–Crippen MR) is 68.6 cm³/mol. The summed E-state index contributed by atoms with van der Waals surface area (Å²) in [7, 11) is 0. The molecule has 0 N–H and O–H groups in total. The Bertz CT molecular complexity index is 178. The number of carbonyl (C=O) groups is 1. The third kappa shape index (κ3) is 7.86. The van der Waals surface area contributed by atoms with Crippen LogP contribution in [0.5, 0.6) is 0 Å². The largest absolute Gasteiger partial charge is 0.375 e. The first-order valence-electron chi connectivity index (χ1n) is 6.61. The highest BCUT2D eigenvalue weighted by Gasteiger charge is 2.21. The molecule has 96 valence electrons. The molecule has 0 fully saturated rings. The Morgan fingerprint density at radius 2 is 2.00 bits per heavy atom. The first-order chi connectivity index (χ1) is 7.54. The van der Waals surface area contributed by atoms with Crippen LogP contribution >= 0.6 is 0 Å². The molecule has 0 aromatic rings. The highest BCUT2D eigenvalue weighted by Crippen LogP contribution is 2.24. The lowest BCUT2D eigenvalue weighted by Gasteiger charge is -2.29. The van der Waals surface area contributed by atoms with Crippen LogP contribution in [-0.2, 0) is 9.53 Å². The van der Waals surface area contributed by atoms with Crippen LogP contribution in [0.2, 0.25) is 0 Å². The lowest BCUT2D eigenvalue weighted by atomic mass is 9.93. The molecular weight excluding hydrogens is 200 g/mol. The third-order valence-corrected chi connectivity index (χ3v) is 3.15. The van der Waals surface area contributed by atoms with Gasteiger partial charge in [0.2, 0.25) is 0 Å². The fraction of sp³-hybridized carbons (Fsp3) is 0.929. The van der Waals surface area contributed by atoms with Gasteiger partial charge in [0, 0.05) is 13.0 Å². The second-order valence-electron chi connectivity index (χ2n) is 5.25. The van der Waals surface area contributed by atoms with Crippen molar-refractivity contribution >= 4 is 6.29 Å². The van der Waals surface area contributed by atoms with E-state index < -0.39 is 0 Å². The zero-order valence-corrected chi connectivity index (χ0v) is 11.4. The molecule has 1 unspecified atom stereocenters. The Labute approximate surface area is 101 Å². The van der Waals surface area contributed by atoms with Crippen molar-refractivity contribution in [3.63, 3.8) is 0 Å². The minimum Gasteiger partial charge on any atom is -0.375 e. The fourth-order valence-corrected chi connectivity index (χ4v) is 1.72. The van der Waals surface area contributed by atoms with Gasteiger partial charge in [-0.15, -0.1) is 0 Å². The molecule has 0 heterocycles. The van der Waals surface area contributed by atoms with Crippen LogP contribution in [-0.4, -0.2) is 18.5 Å². The molecular formula is C14H28O2. The van der Waals surface area contributed by atoms with Crippen LogP contribution in [0.25, 0.3) is 0 Å². The zero-order chi connectivity index (χ0) is 12.4. The van der Waals surface area contributed by atoms with Crippen LogP contribution < -0.4 is 0 Å². The van der Waals surface area contributed by atoms with Crippen molar-refractivity contribution in [2.24, 2.45) is 5.92 Å². The first kappa shape index (κ1) is 15.6. The van der Waals surface area contributed by atoms with E-state index in [1.54, 1.807) is 0 Å². The number of aldehydes is 1. The molecule has 0 saturated heterocycles. The van der Waals surface area contributed by atoms with Crippen LogP contribution in [0.3, 0.4) is 0 Å². The average molecular weight is 228 g/mol. The van der Waals surface area contributed by atoms with Crippen molar-refractivity contribution < 1.29 is 9.53 Å². The molecule has 0 aliphatic carbocycles. The monoisotopic (exact) mass is 228 g/mol. The Morgan fingerprint density at radius 1 is 1.31 bits per heavy atom. The van der Waals surface area contributed by atoms with Gasteiger partial charge in [-0.2, -0.15) is 0 Å². The smallest absolute Gasteiger partial charge is 0.120 e. The number of ether oxygens (including phenoxy) is 1. The highest BCUT2D eigenvalue weighted by molar-refractivity contribution is 5.48. The van der Waals surface area contributed by atoms with E-state index in [0.717, 1.165) is 31.5 Å². The molecule has 0 aromatic carbocycles. The normalized spacial score (nSPS) is 15.1. The zero-order valence-electron chi connectivity index (χ0n) is 11.4. The van der Waals surface area contributed by atoms with Gasteiger partial charge < -0.3 is 9.53 Å². The van der Waals surface area contributed by atoms with Gasteiger partial charge in [0.15, 0.2) is 0 Å². The summed E-state index contributed by atoms with van der Waals surface area (Å²) in [6.45, 7) is 9.59. The Morgan fingerprint density at radius 3 is 2.50 bits per heavy atom. The summed E-state index contributed by atoms with van der Waals surface area (Å²) in [6, 6.07) is 0. The molecule has 0 amide bonds. The van der Waals surface area contributed by atoms with Gasteiger partial charge in [0.25, 0.3) is 0 Å². The summed E-state index contributed by atoms with van der Waals surface area (Å²) in [6.07, 6.45) is 7.11. The van der Waals surface area contributed by atoms with Crippen molar-refractivity contribution in [3.05, 3.63) is 0 Å². The van der Waals surface area contributed by atoms with E-state index in [9.17, 15) is 4.79 Å². The third-order valence-electron chi connectivity index (χ3n) is 3.15. The van der Waals surface area contributed by atoms with Crippen molar-refractivity contribution in [1.29, 1.82) is 0 Å². The summed E-state index contributed by atoms with van der Waals surface area (Å²) in [5, 5.41) is 0. The molecule has 0 aromatic heterocycles. The van der Waals surface area contributed by atoms with Crippen molar-refractivity contribution in [2.45, 2.75) is 71.8 Å². The summed E-state index contributed by atoms with van der Waals surface area (Å²) in [5.74, 6) is 0.774. The quantitative estimate of drug-likeness (QED) is 0.417. The van der Waals surface area contributed by atoms with E-state index >= 15 is 0 Å².